The number of non-ortho nitro benzene ring substituents is 2. The first-order valence-corrected chi connectivity index (χ1v) is 6.47. The summed E-state index contributed by atoms with van der Waals surface area (Å²) in [7, 11) is 0. The second kappa shape index (κ2) is 5.43. The predicted molar refractivity (Wildman–Crippen MR) is 80.0 cm³/mol. The standard InChI is InChI=1S/C14H7N3O7/c18-13(8-1-3-9(4-2-8)16(20)21)15-11-6-5-10(17(22)23)7-12(11)24-14(15)19/h1-7H. The Morgan fingerprint density at radius 2 is 1.54 bits per heavy atom. The number of oxazole rings is 1. The average Bonchev–Trinajstić information content (AvgIpc) is 2.89. The lowest BCUT2D eigenvalue weighted by Crippen LogP contribution is -2.23. The molecule has 0 aliphatic heterocycles. The summed E-state index contributed by atoms with van der Waals surface area (Å²) in [5.74, 6) is -1.77. The molecule has 0 bridgehead atoms. The first-order valence-electron chi connectivity index (χ1n) is 6.47. The fourth-order valence-corrected chi connectivity index (χ4v) is 2.17. The van der Waals surface area contributed by atoms with Crippen LogP contribution in [0.25, 0.3) is 11.1 Å². The first kappa shape index (κ1) is 15.1. The molecule has 0 unspecified atom stereocenters. The topological polar surface area (TPSA) is 138 Å². The van der Waals surface area contributed by atoms with Crippen molar-refractivity contribution in [3.8, 4) is 0 Å². The zero-order chi connectivity index (χ0) is 17.4. The highest BCUT2D eigenvalue weighted by molar-refractivity contribution is 6.00. The maximum Gasteiger partial charge on any atom is 0.427 e. The smallest absolute Gasteiger partial charge is 0.407 e. The van der Waals surface area contributed by atoms with Gasteiger partial charge in [0, 0.05) is 23.8 Å². The number of hydrogen-bond acceptors (Lipinski definition) is 7. The van der Waals surface area contributed by atoms with E-state index in [4.69, 9.17) is 4.42 Å². The van der Waals surface area contributed by atoms with Gasteiger partial charge in [-0.25, -0.2) is 9.36 Å². The molecule has 0 saturated heterocycles. The number of carbonyl (C=O) groups is 1. The van der Waals surface area contributed by atoms with Gasteiger partial charge in [-0.2, -0.15) is 0 Å². The zero-order valence-electron chi connectivity index (χ0n) is 11.7. The SMILES string of the molecule is O=C(c1ccc([N+](=O)[O-])cc1)n1c(=O)oc2cc([N+](=O)[O-])ccc21. The number of aromatic nitrogens is 1. The molecule has 2 aromatic carbocycles. The average molecular weight is 329 g/mol. The lowest BCUT2D eigenvalue weighted by Gasteiger charge is -2.01. The summed E-state index contributed by atoms with van der Waals surface area (Å²) in [6.07, 6.45) is 0. The van der Waals surface area contributed by atoms with Crippen molar-refractivity contribution >= 4 is 28.4 Å². The van der Waals surface area contributed by atoms with E-state index in [0.717, 1.165) is 24.3 Å². The molecule has 24 heavy (non-hydrogen) atoms. The van der Waals surface area contributed by atoms with Crippen LogP contribution in [0.2, 0.25) is 0 Å². The highest BCUT2D eigenvalue weighted by atomic mass is 16.6. The van der Waals surface area contributed by atoms with Gasteiger partial charge in [0.2, 0.25) is 0 Å². The molecule has 0 N–H and O–H groups in total. The number of fused-ring (bicyclic) bond motifs is 1. The molecule has 0 amide bonds. The van der Waals surface area contributed by atoms with Gasteiger partial charge in [0.1, 0.15) is 0 Å². The van der Waals surface area contributed by atoms with Crippen LogP contribution in [0.15, 0.2) is 51.7 Å². The van der Waals surface area contributed by atoms with E-state index in [1.54, 1.807) is 0 Å². The fraction of sp³-hybridized carbons (Fsp3) is 0. The Bertz CT molecular complexity index is 1050. The van der Waals surface area contributed by atoms with Crippen molar-refractivity contribution in [3.05, 3.63) is 78.8 Å². The van der Waals surface area contributed by atoms with Gasteiger partial charge in [0.15, 0.2) is 5.58 Å². The Kier molecular flexibility index (Phi) is 3.41. The Hall–Kier alpha value is -3.82. The maximum absolute atomic E-state index is 12.4. The Morgan fingerprint density at radius 3 is 2.12 bits per heavy atom. The van der Waals surface area contributed by atoms with E-state index >= 15 is 0 Å². The molecule has 0 spiro atoms. The van der Waals surface area contributed by atoms with E-state index in [9.17, 15) is 29.8 Å². The molecule has 0 fully saturated rings. The lowest BCUT2D eigenvalue weighted by molar-refractivity contribution is -0.385. The molecule has 1 aromatic heterocycles. The largest absolute Gasteiger partial charge is 0.427 e. The number of nitro benzene ring substituents is 2. The summed E-state index contributed by atoms with van der Waals surface area (Å²) in [5.41, 5.74) is -0.500. The molecular formula is C14H7N3O7. The van der Waals surface area contributed by atoms with Gasteiger partial charge >= 0.3 is 5.76 Å². The van der Waals surface area contributed by atoms with E-state index in [1.165, 1.54) is 18.2 Å². The van der Waals surface area contributed by atoms with Crippen molar-refractivity contribution in [2.75, 3.05) is 0 Å². The second-order valence-corrected chi connectivity index (χ2v) is 4.72. The number of carbonyl (C=O) groups excluding carboxylic acids is 1. The van der Waals surface area contributed by atoms with E-state index in [1.807, 2.05) is 0 Å². The monoisotopic (exact) mass is 329 g/mol. The molecule has 1 heterocycles. The van der Waals surface area contributed by atoms with Gasteiger partial charge in [-0.05, 0) is 18.2 Å². The van der Waals surface area contributed by atoms with E-state index in [-0.39, 0.29) is 28.0 Å². The highest BCUT2D eigenvalue weighted by Crippen LogP contribution is 2.21. The van der Waals surface area contributed by atoms with Crippen LogP contribution >= 0.6 is 0 Å². The molecule has 10 heteroatoms. The van der Waals surface area contributed by atoms with Crippen molar-refractivity contribution in [1.82, 2.24) is 4.57 Å². The molecule has 3 rings (SSSR count). The first-order chi connectivity index (χ1) is 11.4. The van der Waals surface area contributed by atoms with Gasteiger partial charge in [-0.3, -0.25) is 25.0 Å². The number of nitro groups is 2. The van der Waals surface area contributed by atoms with Crippen molar-refractivity contribution < 1.29 is 19.1 Å². The molecule has 0 aliphatic rings. The summed E-state index contributed by atoms with van der Waals surface area (Å²) in [5, 5.41) is 21.4. The minimum atomic E-state index is -1.01. The molecule has 120 valence electrons. The molecule has 0 atom stereocenters. The van der Waals surface area contributed by atoms with Crippen LogP contribution in [0.1, 0.15) is 10.4 Å². The summed E-state index contributed by atoms with van der Waals surface area (Å²) in [6, 6.07) is 8.07. The van der Waals surface area contributed by atoms with Gasteiger partial charge in [-0.15, -0.1) is 0 Å². The highest BCUT2D eigenvalue weighted by Gasteiger charge is 2.20. The Balaban J connectivity index is 2.09. The molecular weight excluding hydrogens is 322 g/mol. The van der Waals surface area contributed by atoms with Crippen molar-refractivity contribution in [1.29, 1.82) is 0 Å². The fourth-order valence-electron chi connectivity index (χ4n) is 2.17. The molecule has 0 saturated carbocycles. The van der Waals surface area contributed by atoms with Gasteiger partial charge in [0.05, 0.1) is 21.4 Å². The minimum Gasteiger partial charge on any atom is -0.407 e. The van der Waals surface area contributed by atoms with Gasteiger partial charge in [0.25, 0.3) is 17.3 Å². The van der Waals surface area contributed by atoms with Crippen LogP contribution in [-0.2, 0) is 0 Å². The van der Waals surface area contributed by atoms with Crippen LogP contribution in [0.5, 0.6) is 0 Å². The van der Waals surface area contributed by atoms with E-state index < -0.39 is 21.5 Å². The summed E-state index contributed by atoms with van der Waals surface area (Å²) < 4.78 is 5.58. The summed E-state index contributed by atoms with van der Waals surface area (Å²) in [6.45, 7) is 0. The predicted octanol–water partition coefficient (Wildman–Crippen LogP) is 2.10. The molecule has 0 aliphatic carbocycles. The Morgan fingerprint density at radius 1 is 0.958 bits per heavy atom. The van der Waals surface area contributed by atoms with Crippen LogP contribution in [0, 0.1) is 20.2 Å². The third kappa shape index (κ3) is 2.41. The van der Waals surface area contributed by atoms with Gasteiger partial charge in [-0.1, -0.05) is 0 Å². The Labute approximate surface area is 131 Å². The normalized spacial score (nSPS) is 10.7. The van der Waals surface area contributed by atoms with Crippen molar-refractivity contribution in [3.63, 3.8) is 0 Å². The van der Waals surface area contributed by atoms with Gasteiger partial charge < -0.3 is 4.42 Å². The molecule has 10 nitrogen and oxygen atoms in total. The third-order valence-corrected chi connectivity index (χ3v) is 3.30. The van der Waals surface area contributed by atoms with Crippen LogP contribution < -0.4 is 5.76 Å². The molecule has 0 radical (unpaired) electrons. The van der Waals surface area contributed by atoms with Crippen LogP contribution in [0.3, 0.4) is 0 Å². The van der Waals surface area contributed by atoms with E-state index in [2.05, 4.69) is 0 Å². The van der Waals surface area contributed by atoms with Crippen LogP contribution in [0.4, 0.5) is 11.4 Å². The number of hydrogen-bond donors (Lipinski definition) is 0. The minimum absolute atomic E-state index is 0.0313. The summed E-state index contributed by atoms with van der Waals surface area (Å²) in [4.78, 5) is 44.4. The third-order valence-electron chi connectivity index (χ3n) is 3.30. The number of rotatable bonds is 3. The second-order valence-electron chi connectivity index (χ2n) is 4.72. The number of nitrogens with zero attached hydrogens (tertiary/aromatic N) is 3. The quantitative estimate of drug-likeness (QED) is 0.529. The lowest BCUT2D eigenvalue weighted by atomic mass is 10.2. The zero-order valence-corrected chi connectivity index (χ0v) is 11.7. The number of benzene rings is 2. The summed E-state index contributed by atoms with van der Waals surface area (Å²) >= 11 is 0. The van der Waals surface area contributed by atoms with Crippen LogP contribution in [-0.4, -0.2) is 20.3 Å². The van der Waals surface area contributed by atoms with Crippen molar-refractivity contribution in [2.45, 2.75) is 0 Å². The van der Waals surface area contributed by atoms with E-state index in [0.29, 0.717) is 4.57 Å². The maximum atomic E-state index is 12.4. The molecule has 3 aromatic rings. The van der Waals surface area contributed by atoms with Crippen molar-refractivity contribution in [2.24, 2.45) is 0 Å².